The van der Waals surface area contributed by atoms with Crippen LogP contribution in [0.3, 0.4) is 0 Å². The van der Waals surface area contributed by atoms with Crippen LogP contribution >= 0.6 is 0 Å². The molecule has 3 saturated heterocycles. The summed E-state index contributed by atoms with van der Waals surface area (Å²) >= 11 is 0. The number of fused-ring (bicyclic) bond motifs is 2. The number of hydrogen-bond acceptors (Lipinski definition) is 9. The van der Waals surface area contributed by atoms with Crippen LogP contribution in [0.4, 0.5) is 5.95 Å². The summed E-state index contributed by atoms with van der Waals surface area (Å²) in [4.78, 5) is 36.5. The van der Waals surface area contributed by atoms with Gasteiger partial charge in [-0.1, -0.05) is 0 Å². The Balaban J connectivity index is 1.07. The molecule has 194 valence electrons. The first-order chi connectivity index (χ1) is 18.2. The van der Waals surface area contributed by atoms with Gasteiger partial charge in [0, 0.05) is 55.4 Å². The molecule has 4 aliphatic rings. The van der Waals surface area contributed by atoms with E-state index in [-0.39, 0.29) is 29.9 Å². The van der Waals surface area contributed by atoms with Crippen molar-refractivity contribution < 1.29 is 19.0 Å². The van der Waals surface area contributed by atoms with Gasteiger partial charge in [0.05, 0.1) is 19.3 Å². The minimum absolute atomic E-state index is 0.0322. The number of H-pyrrole nitrogens is 1. The molecule has 2 N–H and O–H groups in total. The topological polar surface area (TPSA) is 127 Å². The molecule has 3 aliphatic heterocycles. The summed E-state index contributed by atoms with van der Waals surface area (Å²) in [6.07, 6.45) is 7.80. The van der Waals surface area contributed by atoms with E-state index in [9.17, 15) is 4.79 Å². The van der Waals surface area contributed by atoms with E-state index in [0.29, 0.717) is 43.5 Å². The second-order valence-electron chi connectivity index (χ2n) is 10.5. The smallest absolute Gasteiger partial charge is 0.322 e. The van der Waals surface area contributed by atoms with E-state index in [2.05, 4.69) is 47.4 Å². The molecule has 37 heavy (non-hydrogen) atoms. The van der Waals surface area contributed by atoms with Gasteiger partial charge in [-0.2, -0.15) is 15.0 Å². The number of amides is 1. The second kappa shape index (κ2) is 9.53. The van der Waals surface area contributed by atoms with E-state index < -0.39 is 0 Å². The number of carbonyl (C=O) groups excluding carboxylic acids is 1. The summed E-state index contributed by atoms with van der Waals surface area (Å²) in [5, 5.41) is 4.27. The average molecular weight is 506 g/mol. The highest BCUT2D eigenvalue weighted by atomic mass is 16.5. The summed E-state index contributed by atoms with van der Waals surface area (Å²) in [7, 11) is 0. The van der Waals surface area contributed by atoms with Crippen LogP contribution in [0.1, 0.15) is 47.8 Å². The number of carbonyl (C=O) groups is 1. The third kappa shape index (κ3) is 4.50. The molecule has 0 spiro atoms. The van der Waals surface area contributed by atoms with Gasteiger partial charge in [0.15, 0.2) is 0 Å². The van der Waals surface area contributed by atoms with Crippen molar-refractivity contribution in [3.63, 3.8) is 0 Å². The molecule has 1 amide bonds. The van der Waals surface area contributed by atoms with Gasteiger partial charge < -0.3 is 29.4 Å². The quantitative estimate of drug-likeness (QED) is 0.496. The number of rotatable bonds is 7. The molecule has 1 aliphatic carbocycles. The maximum Gasteiger partial charge on any atom is 0.322 e. The molecular formula is C26H31N7O4. The largest absolute Gasteiger partial charge is 0.461 e. The fourth-order valence-corrected chi connectivity index (χ4v) is 5.97. The highest BCUT2D eigenvalue weighted by molar-refractivity contribution is 5.91. The molecule has 7 rings (SSSR count). The first kappa shape index (κ1) is 22.9. The molecule has 1 saturated carbocycles. The highest BCUT2D eigenvalue weighted by Crippen LogP contribution is 2.44. The fourth-order valence-electron chi connectivity index (χ4n) is 5.97. The number of nitrogens with zero attached hydrogens (tertiary/aromatic N) is 5. The van der Waals surface area contributed by atoms with Crippen molar-refractivity contribution in [1.82, 2.24) is 30.2 Å². The van der Waals surface area contributed by atoms with Gasteiger partial charge in [-0.25, -0.2) is 4.98 Å². The number of anilines is 1. The molecule has 3 aromatic heterocycles. The van der Waals surface area contributed by atoms with Crippen molar-refractivity contribution in [3.05, 3.63) is 35.9 Å². The molecule has 3 atom stereocenters. The molecule has 11 heteroatoms. The van der Waals surface area contributed by atoms with Crippen molar-refractivity contribution in [2.45, 2.75) is 43.7 Å². The van der Waals surface area contributed by atoms with E-state index in [1.165, 1.54) is 10.9 Å². The van der Waals surface area contributed by atoms with Gasteiger partial charge >= 0.3 is 6.01 Å². The number of piperidine rings is 1. The van der Waals surface area contributed by atoms with Gasteiger partial charge in [0.1, 0.15) is 12.3 Å². The minimum atomic E-state index is -0.286. The predicted molar refractivity (Wildman–Crippen MR) is 134 cm³/mol. The zero-order valence-electron chi connectivity index (χ0n) is 20.6. The van der Waals surface area contributed by atoms with Crippen LogP contribution < -0.4 is 15.0 Å². The molecule has 3 unspecified atom stereocenters. The third-order valence-electron chi connectivity index (χ3n) is 8.18. The predicted octanol–water partition coefficient (Wildman–Crippen LogP) is 2.06. The second-order valence-corrected chi connectivity index (χ2v) is 10.5. The summed E-state index contributed by atoms with van der Waals surface area (Å²) in [6, 6.07) is 4.41. The van der Waals surface area contributed by atoms with Gasteiger partial charge in [0.2, 0.25) is 11.8 Å². The Morgan fingerprint density at radius 3 is 2.84 bits per heavy atom. The average Bonchev–Trinajstić information content (AvgIpc) is 3.47. The number of hydrogen-bond donors (Lipinski definition) is 2. The molecule has 0 aromatic carbocycles. The minimum Gasteiger partial charge on any atom is -0.461 e. The standard InChI is InChI=1S/C26H31N7O4/c34-24(29-21-19-13-35-14-20(19)21)23-30-25(32-26(31-23)37-12-16-3-2-10-36-16)33-8-5-15(6-9-33)18-11-28-22-17(18)4-1-7-27-22/h1,4,7,11,15-16,19-21H,2-3,5-6,8-10,12-14H2,(H,27,28)(H,29,34). The molecule has 4 fully saturated rings. The maximum absolute atomic E-state index is 13.1. The summed E-state index contributed by atoms with van der Waals surface area (Å²) in [6.45, 7) is 4.07. The zero-order chi connectivity index (χ0) is 24.8. The van der Waals surface area contributed by atoms with Gasteiger partial charge in [-0.3, -0.25) is 4.79 Å². The van der Waals surface area contributed by atoms with E-state index >= 15 is 0 Å². The fraction of sp³-hybridized carbons (Fsp3) is 0.577. The van der Waals surface area contributed by atoms with E-state index in [1.54, 1.807) is 0 Å². The summed E-state index contributed by atoms with van der Waals surface area (Å²) in [5.74, 6) is 1.53. The molecule has 3 aromatic rings. The van der Waals surface area contributed by atoms with Crippen molar-refractivity contribution in [1.29, 1.82) is 0 Å². The first-order valence-electron chi connectivity index (χ1n) is 13.3. The number of aromatic amines is 1. The van der Waals surface area contributed by atoms with Crippen molar-refractivity contribution in [2.75, 3.05) is 44.4 Å². The molecular weight excluding hydrogens is 474 g/mol. The lowest BCUT2D eigenvalue weighted by atomic mass is 9.89. The van der Waals surface area contributed by atoms with Crippen LogP contribution in [0.5, 0.6) is 6.01 Å². The van der Waals surface area contributed by atoms with Crippen molar-refractivity contribution >= 4 is 22.9 Å². The van der Waals surface area contributed by atoms with E-state index in [1.807, 2.05) is 12.3 Å². The third-order valence-corrected chi connectivity index (χ3v) is 8.18. The normalized spacial score (nSPS) is 27.4. The van der Waals surface area contributed by atoms with Gasteiger partial charge in [-0.15, -0.1) is 0 Å². The van der Waals surface area contributed by atoms with E-state index in [4.69, 9.17) is 14.2 Å². The van der Waals surface area contributed by atoms with Crippen LogP contribution in [0.25, 0.3) is 11.0 Å². The Bertz CT molecular complexity index is 1270. The van der Waals surface area contributed by atoms with Gasteiger partial charge in [-0.05, 0) is 49.3 Å². The maximum atomic E-state index is 13.1. The molecule has 6 heterocycles. The number of pyridine rings is 1. The monoisotopic (exact) mass is 505 g/mol. The van der Waals surface area contributed by atoms with Gasteiger partial charge in [0.25, 0.3) is 5.91 Å². The molecule has 11 nitrogen and oxygen atoms in total. The van der Waals surface area contributed by atoms with Crippen LogP contribution in [-0.4, -0.2) is 82.5 Å². The Hall–Kier alpha value is -3.31. The van der Waals surface area contributed by atoms with Crippen LogP contribution in [0.2, 0.25) is 0 Å². The Morgan fingerprint density at radius 1 is 1.16 bits per heavy atom. The van der Waals surface area contributed by atoms with Crippen LogP contribution in [0.15, 0.2) is 24.5 Å². The lowest BCUT2D eigenvalue weighted by Gasteiger charge is -2.32. The molecule has 0 bridgehead atoms. The number of ether oxygens (including phenoxy) is 3. The van der Waals surface area contributed by atoms with E-state index in [0.717, 1.165) is 51.0 Å². The lowest BCUT2D eigenvalue weighted by molar-refractivity contribution is 0.0642. The van der Waals surface area contributed by atoms with Crippen molar-refractivity contribution in [2.24, 2.45) is 11.8 Å². The Morgan fingerprint density at radius 2 is 2.03 bits per heavy atom. The zero-order valence-corrected chi connectivity index (χ0v) is 20.6. The summed E-state index contributed by atoms with van der Waals surface area (Å²) in [5.41, 5.74) is 2.23. The van der Waals surface area contributed by atoms with Crippen LogP contribution in [0, 0.1) is 11.8 Å². The number of nitrogens with one attached hydrogen (secondary N) is 2. The van der Waals surface area contributed by atoms with Crippen LogP contribution in [-0.2, 0) is 9.47 Å². The van der Waals surface area contributed by atoms with Crippen molar-refractivity contribution in [3.8, 4) is 6.01 Å². The first-order valence-corrected chi connectivity index (χ1v) is 13.3. The SMILES string of the molecule is O=C(NC1C2COCC21)c1nc(OCC2CCCO2)nc(N2CCC(c3c[nH]c4ncccc34)CC2)n1. The number of aromatic nitrogens is 5. The Kier molecular flexibility index (Phi) is 5.89. The Labute approximate surface area is 214 Å². The lowest BCUT2D eigenvalue weighted by Crippen LogP contribution is -2.36. The molecule has 0 radical (unpaired) electrons. The summed E-state index contributed by atoms with van der Waals surface area (Å²) < 4.78 is 17.0. The highest BCUT2D eigenvalue weighted by Gasteiger charge is 2.55.